The minimum Gasteiger partial charge on any atom is -0.258 e. The molecule has 0 spiro atoms. The lowest BCUT2D eigenvalue weighted by Crippen LogP contribution is -2.00. The third-order valence-electron chi connectivity index (χ3n) is 3.03. The molecule has 1 fully saturated rings. The molecule has 3 rings (SSSR count). The van der Waals surface area contributed by atoms with Gasteiger partial charge in [-0.05, 0) is 20.3 Å². The number of halogens is 2. The Bertz CT molecular complexity index is 610. The molecule has 0 radical (unpaired) electrons. The van der Waals surface area contributed by atoms with E-state index in [1.165, 1.54) is 0 Å². The molecule has 1 atom stereocenters. The summed E-state index contributed by atoms with van der Waals surface area (Å²) in [6.07, 6.45) is 0.857. The fraction of sp³-hybridized carbons (Fsp3) is 0.545. The van der Waals surface area contributed by atoms with Crippen molar-refractivity contribution in [2.45, 2.75) is 29.8 Å². The van der Waals surface area contributed by atoms with Gasteiger partial charge < -0.3 is 0 Å². The maximum Gasteiger partial charge on any atom is 0.197 e. The van der Waals surface area contributed by atoms with Crippen molar-refractivity contribution in [1.29, 1.82) is 0 Å². The summed E-state index contributed by atoms with van der Waals surface area (Å²) in [5.74, 6) is 2.11. The molecule has 0 aliphatic heterocycles. The lowest BCUT2D eigenvalue weighted by atomic mass is 10.4. The third-order valence-corrected chi connectivity index (χ3v) is 5.04. The first kappa shape index (κ1) is 12.5. The first-order valence-corrected chi connectivity index (χ1v) is 7.41. The normalized spacial score (nSPS) is 21.4. The van der Waals surface area contributed by atoms with E-state index in [-0.39, 0.29) is 0 Å². The number of hydrogen-bond acceptors (Lipinski definition) is 4. The number of fused-ring (bicyclic) bond motifs is 1. The molecule has 2 aromatic heterocycles. The molecule has 0 amide bonds. The van der Waals surface area contributed by atoms with Crippen molar-refractivity contribution >= 4 is 40.6 Å². The van der Waals surface area contributed by atoms with Crippen LogP contribution in [-0.2, 0) is 0 Å². The standard InChI is InChI=1S/C11H12Cl2N4S/c1-6-3-9-15-16-10(17(9)7(2)14-6)18-5-8-4-11(8,12)13/h3,8H,4-5H2,1-2H3. The smallest absolute Gasteiger partial charge is 0.197 e. The van der Waals surface area contributed by atoms with Gasteiger partial charge in [0.15, 0.2) is 10.8 Å². The summed E-state index contributed by atoms with van der Waals surface area (Å²) in [6, 6.07) is 1.93. The van der Waals surface area contributed by atoms with Gasteiger partial charge in [0, 0.05) is 23.4 Å². The van der Waals surface area contributed by atoms with Crippen LogP contribution < -0.4 is 0 Å². The molecular formula is C11H12Cl2N4S. The fourth-order valence-corrected chi connectivity index (χ4v) is 3.84. The average molecular weight is 303 g/mol. The number of nitrogens with zero attached hydrogens (tertiary/aromatic N) is 4. The summed E-state index contributed by atoms with van der Waals surface area (Å²) < 4.78 is 1.43. The Morgan fingerprint density at radius 3 is 2.83 bits per heavy atom. The van der Waals surface area contributed by atoms with E-state index < -0.39 is 4.33 Å². The third kappa shape index (κ3) is 2.19. The van der Waals surface area contributed by atoms with Crippen molar-refractivity contribution in [2.24, 2.45) is 5.92 Å². The molecule has 2 heterocycles. The Balaban J connectivity index is 1.84. The van der Waals surface area contributed by atoms with Crippen molar-refractivity contribution < 1.29 is 0 Å². The Kier molecular flexibility index (Phi) is 2.95. The van der Waals surface area contributed by atoms with Gasteiger partial charge >= 0.3 is 0 Å². The van der Waals surface area contributed by atoms with Crippen LogP contribution in [0.2, 0.25) is 0 Å². The summed E-state index contributed by atoms with van der Waals surface area (Å²) in [6.45, 7) is 3.91. The highest BCUT2D eigenvalue weighted by Gasteiger charge is 2.51. The zero-order chi connectivity index (χ0) is 12.9. The second-order valence-electron chi connectivity index (χ2n) is 4.59. The van der Waals surface area contributed by atoms with Gasteiger partial charge in [0.05, 0.1) is 0 Å². The van der Waals surface area contributed by atoms with Crippen LogP contribution in [-0.4, -0.2) is 29.7 Å². The minimum atomic E-state index is -0.530. The second-order valence-corrected chi connectivity index (χ2v) is 7.12. The zero-order valence-electron chi connectivity index (χ0n) is 10.0. The van der Waals surface area contributed by atoms with E-state index in [2.05, 4.69) is 15.2 Å². The SMILES string of the molecule is Cc1cc2nnc(SCC3CC3(Cl)Cl)n2c(C)n1. The molecule has 1 aliphatic carbocycles. The number of aromatic nitrogens is 4. The predicted molar refractivity (Wildman–Crippen MR) is 73.5 cm³/mol. The van der Waals surface area contributed by atoms with E-state index in [0.29, 0.717) is 5.92 Å². The lowest BCUT2D eigenvalue weighted by Gasteiger charge is -2.03. The van der Waals surface area contributed by atoms with Crippen LogP contribution in [0.4, 0.5) is 0 Å². The Hall–Kier alpha value is -0.520. The summed E-state index contributed by atoms with van der Waals surface area (Å²) in [5.41, 5.74) is 1.79. The van der Waals surface area contributed by atoms with Crippen LogP contribution >= 0.6 is 35.0 Å². The topological polar surface area (TPSA) is 43.1 Å². The van der Waals surface area contributed by atoms with Crippen LogP contribution in [0.25, 0.3) is 5.65 Å². The van der Waals surface area contributed by atoms with Gasteiger partial charge in [0.25, 0.3) is 0 Å². The fourth-order valence-electron chi connectivity index (χ4n) is 1.92. The van der Waals surface area contributed by atoms with Gasteiger partial charge in [-0.25, -0.2) is 4.98 Å². The maximum absolute atomic E-state index is 6.01. The van der Waals surface area contributed by atoms with Gasteiger partial charge in [-0.3, -0.25) is 4.40 Å². The first-order chi connectivity index (χ1) is 8.47. The van der Waals surface area contributed by atoms with E-state index in [1.807, 2.05) is 24.3 Å². The first-order valence-electron chi connectivity index (χ1n) is 5.67. The van der Waals surface area contributed by atoms with Gasteiger partial charge in [-0.2, -0.15) is 0 Å². The van der Waals surface area contributed by atoms with E-state index in [0.717, 1.165) is 34.5 Å². The van der Waals surface area contributed by atoms with Gasteiger partial charge in [0.2, 0.25) is 0 Å². The van der Waals surface area contributed by atoms with E-state index in [9.17, 15) is 0 Å². The molecule has 4 nitrogen and oxygen atoms in total. The quantitative estimate of drug-likeness (QED) is 0.646. The number of thioether (sulfide) groups is 1. The number of alkyl halides is 2. The molecule has 96 valence electrons. The molecule has 0 bridgehead atoms. The van der Waals surface area contributed by atoms with E-state index >= 15 is 0 Å². The monoisotopic (exact) mass is 302 g/mol. The van der Waals surface area contributed by atoms with Crippen LogP contribution in [0.5, 0.6) is 0 Å². The van der Waals surface area contributed by atoms with Crippen molar-refractivity contribution in [3.63, 3.8) is 0 Å². The Labute approximate surface area is 119 Å². The molecule has 0 N–H and O–H groups in total. The van der Waals surface area contributed by atoms with Crippen LogP contribution in [0.15, 0.2) is 11.2 Å². The number of hydrogen-bond donors (Lipinski definition) is 0. The predicted octanol–water partition coefficient (Wildman–Crippen LogP) is 3.03. The van der Waals surface area contributed by atoms with Crippen molar-refractivity contribution in [3.05, 3.63) is 17.6 Å². The lowest BCUT2D eigenvalue weighted by molar-refractivity contribution is 0.849. The van der Waals surface area contributed by atoms with E-state index in [1.54, 1.807) is 11.8 Å². The Morgan fingerprint density at radius 1 is 1.44 bits per heavy atom. The number of rotatable bonds is 3. The Morgan fingerprint density at radius 2 is 2.17 bits per heavy atom. The summed E-state index contributed by atoms with van der Waals surface area (Å²) in [7, 11) is 0. The van der Waals surface area contributed by atoms with E-state index in [4.69, 9.17) is 23.2 Å². The number of aryl methyl sites for hydroxylation is 2. The second kappa shape index (κ2) is 4.25. The zero-order valence-corrected chi connectivity index (χ0v) is 12.4. The summed E-state index contributed by atoms with van der Waals surface area (Å²) in [4.78, 5) is 4.42. The molecule has 18 heavy (non-hydrogen) atoms. The molecule has 1 aliphatic rings. The van der Waals surface area contributed by atoms with Crippen LogP contribution in [0, 0.1) is 19.8 Å². The highest BCUT2D eigenvalue weighted by molar-refractivity contribution is 7.99. The van der Waals surface area contributed by atoms with Gasteiger partial charge in [0.1, 0.15) is 10.2 Å². The highest BCUT2D eigenvalue weighted by Crippen LogP contribution is 2.54. The van der Waals surface area contributed by atoms with Gasteiger partial charge in [-0.1, -0.05) is 11.8 Å². The van der Waals surface area contributed by atoms with Crippen LogP contribution in [0.3, 0.4) is 0 Å². The molecule has 1 unspecified atom stereocenters. The van der Waals surface area contributed by atoms with Gasteiger partial charge in [-0.15, -0.1) is 33.4 Å². The van der Waals surface area contributed by atoms with Crippen molar-refractivity contribution in [1.82, 2.24) is 19.6 Å². The molecule has 2 aromatic rings. The molecule has 7 heteroatoms. The largest absolute Gasteiger partial charge is 0.258 e. The minimum absolute atomic E-state index is 0.344. The molecular weight excluding hydrogens is 291 g/mol. The maximum atomic E-state index is 6.01. The molecule has 0 saturated heterocycles. The molecule has 1 saturated carbocycles. The summed E-state index contributed by atoms with van der Waals surface area (Å²) >= 11 is 13.7. The molecule has 0 aromatic carbocycles. The highest BCUT2D eigenvalue weighted by atomic mass is 35.5. The van der Waals surface area contributed by atoms with Crippen LogP contribution in [0.1, 0.15) is 17.9 Å². The van der Waals surface area contributed by atoms with Crippen molar-refractivity contribution in [3.8, 4) is 0 Å². The average Bonchev–Trinajstić information content (AvgIpc) is 2.70. The summed E-state index contributed by atoms with van der Waals surface area (Å²) in [5, 5.41) is 9.21. The van der Waals surface area contributed by atoms with Crippen molar-refractivity contribution in [2.75, 3.05) is 5.75 Å².